The SMILES string of the molecule is COC(=O)C1C=C(OC)CC1c1ccc(OC)cc1. The molecule has 0 bridgehead atoms. The van der Waals surface area contributed by atoms with E-state index in [4.69, 9.17) is 14.2 Å². The first kappa shape index (κ1) is 13.5. The van der Waals surface area contributed by atoms with Gasteiger partial charge in [-0.3, -0.25) is 4.79 Å². The van der Waals surface area contributed by atoms with Crippen LogP contribution in [0.3, 0.4) is 0 Å². The van der Waals surface area contributed by atoms with E-state index >= 15 is 0 Å². The van der Waals surface area contributed by atoms with Gasteiger partial charge in [-0.15, -0.1) is 0 Å². The molecular weight excluding hydrogens is 244 g/mol. The van der Waals surface area contributed by atoms with Crippen molar-refractivity contribution in [1.82, 2.24) is 0 Å². The minimum Gasteiger partial charge on any atom is -0.501 e. The Balaban J connectivity index is 2.24. The predicted molar refractivity (Wildman–Crippen MR) is 71.0 cm³/mol. The molecule has 0 aromatic heterocycles. The zero-order valence-corrected chi connectivity index (χ0v) is 11.4. The highest BCUT2D eigenvalue weighted by Gasteiger charge is 2.35. The van der Waals surface area contributed by atoms with E-state index in [9.17, 15) is 4.79 Å². The van der Waals surface area contributed by atoms with Crippen LogP contribution in [0.25, 0.3) is 0 Å². The quantitative estimate of drug-likeness (QED) is 0.782. The minimum absolute atomic E-state index is 0.0632. The fraction of sp³-hybridized carbons (Fsp3) is 0.400. The predicted octanol–water partition coefficient (Wildman–Crippen LogP) is 2.50. The number of rotatable bonds is 4. The number of hydrogen-bond donors (Lipinski definition) is 0. The summed E-state index contributed by atoms with van der Waals surface area (Å²) in [6.45, 7) is 0. The van der Waals surface area contributed by atoms with E-state index in [1.165, 1.54) is 7.11 Å². The molecule has 102 valence electrons. The van der Waals surface area contributed by atoms with Crippen molar-refractivity contribution in [3.63, 3.8) is 0 Å². The first-order valence-electron chi connectivity index (χ1n) is 6.16. The van der Waals surface area contributed by atoms with Gasteiger partial charge in [-0.25, -0.2) is 0 Å². The van der Waals surface area contributed by atoms with Crippen LogP contribution < -0.4 is 4.74 Å². The number of carbonyl (C=O) groups is 1. The smallest absolute Gasteiger partial charge is 0.313 e. The van der Waals surface area contributed by atoms with Crippen molar-refractivity contribution in [2.75, 3.05) is 21.3 Å². The maximum absolute atomic E-state index is 11.8. The van der Waals surface area contributed by atoms with E-state index in [1.807, 2.05) is 30.3 Å². The number of esters is 1. The molecule has 1 aromatic rings. The number of allylic oxidation sites excluding steroid dienone is 1. The zero-order valence-electron chi connectivity index (χ0n) is 11.4. The molecule has 0 saturated carbocycles. The summed E-state index contributed by atoms with van der Waals surface area (Å²) in [7, 11) is 4.66. The fourth-order valence-electron chi connectivity index (χ4n) is 2.42. The van der Waals surface area contributed by atoms with Crippen LogP contribution in [0.4, 0.5) is 0 Å². The number of carbonyl (C=O) groups excluding carboxylic acids is 1. The zero-order chi connectivity index (χ0) is 13.8. The molecule has 19 heavy (non-hydrogen) atoms. The van der Waals surface area contributed by atoms with E-state index in [0.717, 1.165) is 17.1 Å². The molecule has 2 rings (SSSR count). The lowest BCUT2D eigenvalue weighted by molar-refractivity contribution is -0.144. The van der Waals surface area contributed by atoms with Crippen LogP contribution in [0, 0.1) is 5.92 Å². The second kappa shape index (κ2) is 5.78. The Morgan fingerprint density at radius 1 is 1.11 bits per heavy atom. The number of ether oxygens (including phenoxy) is 3. The Labute approximate surface area is 113 Å². The van der Waals surface area contributed by atoms with Crippen LogP contribution in [0.5, 0.6) is 5.75 Å². The van der Waals surface area contributed by atoms with Gasteiger partial charge in [-0.05, 0) is 23.8 Å². The topological polar surface area (TPSA) is 44.8 Å². The van der Waals surface area contributed by atoms with Gasteiger partial charge in [0, 0.05) is 12.3 Å². The molecule has 1 aromatic carbocycles. The fourth-order valence-corrected chi connectivity index (χ4v) is 2.42. The molecular formula is C15H18O4. The summed E-state index contributed by atoms with van der Waals surface area (Å²) in [5, 5.41) is 0. The maximum Gasteiger partial charge on any atom is 0.313 e. The van der Waals surface area contributed by atoms with E-state index in [2.05, 4.69) is 0 Å². The highest BCUT2D eigenvalue weighted by atomic mass is 16.5. The van der Waals surface area contributed by atoms with Crippen molar-refractivity contribution in [1.29, 1.82) is 0 Å². The van der Waals surface area contributed by atoms with Gasteiger partial charge in [-0.2, -0.15) is 0 Å². The summed E-state index contributed by atoms with van der Waals surface area (Å²) in [4.78, 5) is 11.8. The molecule has 2 unspecified atom stereocenters. The van der Waals surface area contributed by atoms with Crippen LogP contribution in [0.15, 0.2) is 36.1 Å². The van der Waals surface area contributed by atoms with Crippen molar-refractivity contribution in [2.24, 2.45) is 5.92 Å². The molecule has 0 aliphatic heterocycles. The molecule has 0 N–H and O–H groups in total. The van der Waals surface area contributed by atoms with Crippen molar-refractivity contribution in [2.45, 2.75) is 12.3 Å². The van der Waals surface area contributed by atoms with Crippen LogP contribution in [-0.4, -0.2) is 27.3 Å². The summed E-state index contributed by atoms with van der Waals surface area (Å²) in [6.07, 6.45) is 2.56. The van der Waals surface area contributed by atoms with E-state index < -0.39 is 0 Å². The van der Waals surface area contributed by atoms with Gasteiger partial charge in [0.05, 0.1) is 33.0 Å². The normalized spacial score (nSPS) is 21.7. The van der Waals surface area contributed by atoms with Gasteiger partial charge in [-0.1, -0.05) is 12.1 Å². The molecule has 0 saturated heterocycles. The van der Waals surface area contributed by atoms with E-state index in [0.29, 0.717) is 6.42 Å². The highest BCUT2D eigenvalue weighted by Crippen LogP contribution is 2.39. The molecule has 1 aliphatic carbocycles. The Hall–Kier alpha value is -1.97. The van der Waals surface area contributed by atoms with E-state index in [1.54, 1.807) is 14.2 Å². The maximum atomic E-state index is 11.8. The van der Waals surface area contributed by atoms with Gasteiger partial charge < -0.3 is 14.2 Å². The number of hydrogen-bond acceptors (Lipinski definition) is 4. The van der Waals surface area contributed by atoms with Crippen LogP contribution >= 0.6 is 0 Å². The Kier molecular flexibility index (Phi) is 4.10. The first-order valence-corrected chi connectivity index (χ1v) is 6.16. The average Bonchev–Trinajstić information content (AvgIpc) is 2.90. The van der Waals surface area contributed by atoms with Crippen molar-refractivity contribution in [3.05, 3.63) is 41.7 Å². The van der Waals surface area contributed by atoms with Gasteiger partial charge in [0.1, 0.15) is 5.75 Å². The van der Waals surface area contributed by atoms with Crippen LogP contribution in [0.2, 0.25) is 0 Å². The molecule has 0 amide bonds. The number of benzene rings is 1. The Bertz CT molecular complexity index is 475. The summed E-state index contributed by atoms with van der Waals surface area (Å²) in [5.41, 5.74) is 1.08. The lowest BCUT2D eigenvalue weighted by atomic mass is 9.88. The molecule has 0 radical (unpaired) electrons. The third kappa shape index (κ3) is 2.72. The van der Waals surface area contributed by atoms with Crippen molar-refractivity contribution >= 4 is 5.97 Å². The second-order valence-electron chi connectivity index (χ2n) is 4.47. The highest BCUT2D eigenvalue weighted by molar-refractivity contribution is 5.76. The van der Waals surface area contributed by atoms with Gasteiger partial charge in [0.25, 0.3) is 0 Å². The van der Waals surface area contributed by atoms with Crippen molar-refractivity contribution < 1.29 is 19.0 Å². The van der Waals surface area contributed by atoms with Gasteiger partial charge >= 0.3 is 5.97 Å². The molecule has 0 heterocycles. The molecule has 0 fully saturated rings. The van der Waals surface area contributed by atoms with Gasteiger partial charge in [0.15, 0.2) is 0 Å². The third-order valence-corrected chi connectivity index (χ3v) is 3.50. The van der Waals surface area contributed by atoms with Crippen molar-refractivity contribution in [3.8, 4) is 5.75 Å². The molecule has 1 aliphatic rings. The van der Waals surface area contributed by atoms with Gasteiger partial charge in [0.2, 0.25) is 0 Å². The Morgan fingerprint density at radius 3 is 2.32 bits per heavy atom. The average molecular weight is 262 g/mol. The van der Waals surface area contributed by atoms with Crippen LogP contribution in [0.1, 0.15) is 17.9 Å². The summed E-state index contributed by atoms with van der Waals surface area (Å²) in [6, 6.07) is 7.75. The molecule has 4 nitrogen and oxygen atoms in total. The third-order valence-electron chi connectivity index (χ3n) is 3.50. The molecule has 0 spiro atoms. The minimum atomic E-state index is -0.284. The summed E-state index contributed by atoms with van der Waals surface area (Å²) < 4.78 is 15.3. The lowest BCUT2D eigenvalue weighted by Gasteiger charge is -2.17. The summed E-state index contributed by atoms with van der Waals surface area (Å²) in [5.74, 6) is 1.18. The largest absolute Gasteiger partial charge is 0.501 e. The number of methoxy groups -OCH3 is 3. The first-order chi connectivity index (χ1) is 9.19. The molecule has 2 atom stereocenters. The lowest BCUT2D eigenvalue weighted by Crippen LogP contribution is -2.18. The van der Waals surface area contributed by atoms with E-state index in [-0.39, 0.29) is 17.8 Å². The Morgan fingerprint density at radius 2 is 1.79 bits per heavy atom. The molecule has 4 heteroatoms. The second-order valence-corrected chi connectivity index (χ2v) is 4.47. The summed E-state index contributed by atoms with van der Waals surface area (Å²) >= 11 is 0. The monoisotopic (exact) mass is 262 g/mol. The van der Waals surface area contributed by atoms with Crippen LogP contribution in [-0.2, 0) is 14.3 Å². The standard InChI is InChI=1S/C15H18O4/c1-17-11-6-4-10(5-7-11)13-8-12(18-2)9-14(13)15(16)19-3/h4-7,9,13-14H,8H2,1-3H3.